The van der Waals surface area contributed by atoms with E-state index in [-0.39, 0.29) is 11.3 Å². The second-order valence-electron chi connectivity index (χ2n) is 4.46. The standard InChI is InChI=1S/C14H21N3O4/c1-3-4-8-21-9-7-16-14(18)12-10-11(15-2)5-6-13(12)17(19)20/h5-6,10,15H,3-4,7-9H2,1-2H3,(H,16,18). The van der Waals surface area contributed by atoms with Gasteiger partial charge in [0, 0.05) is 32.0 Å². The van der Waals surface area contributed by atoms with Crippen molar-refractivity contribution in [1.82, 2.24) is 5.32 Å². The van der Waals surface area contributed by atoms with Crippen LogP contribution >= 0.6 is 0 Å². The first-order valence-electron chi connectivity index (χ1n) is 6.92. The Morgan fingerprint density at radius 3 is 2.76 bits per heavy atom. The summed E-state index contributed by atoms with van der Waals surface area (Å²) in [5, 5.41) is 16.4. The molecule has 0 spiro atoms. The molecule has 0 aliphatic rings. The number of carbonyl (C=O) groups is 1. The van der Waals surface area contributed by atoms with Crippen LogP contribution in [0.25, 0.3) is 0 Å². The highest BCUT2D eigenvalue weighted by Gasteiger charge is 2.20. The summed E-state index contributed by atoms with van der Waals surface area (Å²) >= 11 is 0. The Hall–Kier alpha value is -2.15. The zero-order chi connectivity index (χ0) is 15.7. The first kappa shape index (κ1) is 16.9. The van der Waals surface area contributed by atoms with Gasteiger partial charge in [-0.25, -0.2) is 0 Å². The molecule has 0 atom stereocenters. The van der Waals surface area contributed by atoms with E-state index >= 15 is 0 Å². The molecule has 0 fully saturated rings. The summed E-state index contributed by atoms with van der Waals surface area (Å²) in [5.41, 5.74) is 0.476. The second kappa shape index (κ2) is 8.91. The molecule has 1 aromatic rings. The summed E-state index contributed by atoms with van der Waals surface area (Å²) < 4.78 is 5.32. The Morgan fingerprint density at radius 2 is 2.14 bits per heavy atom. The molecular weight excluding hydrogens is 274 g/mol. The summed E-state index contributed by atoms with van der Waals surface area (Å²) in [7, 11) is 1.68. The highest BCUT2D eigenvalue weighted by atomic mass is 16.6. The number of hydrogen-bond acceptors (Lipinski definition) is 5. The van der Waals surface area contributed by atoms with Gasteiger partial charge in [0.1, 0.15) is 5.56 Å². The Labute approximate surface area is 123 Å². The van der Waals surface area contributed by atoms with Crippen LogP contribution in [0.5, 0.6) is 0 Å². The van der Waals surface area contributed by atoms with Crippen LogP contribution in [0.2, 0.25) is 0 Å². The van der Waals surface area contributed by atoms with Crippen LogP contribution in [0.4, 0.5) is 11.4 Å². The third-order valence-corrected chi connectivity index (χ3v) is 2.90. The van der Waals surface area contributed by atoms with Crippen LogP contribution in [-0.2, 0) is 4.74 Å². The molecule has 0 aliphatic heterocycles. The van der Waals surface area contributed by atoms with Gasteiger partial charge in [0.25, 0.3) is 11.6 Å². The van der Waals surface area contributed by atoms with Crippen molar-refractivity contribution in [2.45, 2.75) is 19.8 Å². The Balaban J connectivity index is 2.61. The Bertz CT molecular complexity index is 491. The lowest BCUT2D eigenvalue weighted by Crippen LogP contribution is -2.28. The molecule has 0 radical (unpaired) electrons. The molecule has 0 bridgehead atoms. The number of ether oxygens (including phenoxy) is 1. The molecule has 7 nitrogen and oxygen atoms in total. The maximum Gasteiger partial charge on any atom is 0.282 e. The third-order valence-electron chi connectivity index (χ3n) is 2.90. The highest BCUT2D eigenvalue weighted by Crippen LogP contribution is 2.22. The number of anilines is 1. The summed E-state index contributed by atoms with van der Waals surface area (Å²) in [6.45, 7) is 3.44. The van der Waals surface area contributed by atoms with Gasteiger partial charge in [0.15, 0.2) is 0 Å². The van der Waals surface area contributed by atoms with Gasteiger partial charge >= 0.3 is 0 Å². The molecule has 2 N–H and O–H groups in total. The van der Waals surface area contributed by atoms with E-state index in [1.54, 1.807) is 13.1 Å². The van der Waals surface area contributed by atoms with Gasteiger partial charge in [0.05, 0.1) is 11.5 Å². The zero-order valence-electron chi connectivity index (χ0n) is 12.3. The van der Waals surface area contributed by atoms with E-state index in [0.29, 0.717) is 25.4 Å². The Morgan fingerprint density at radius 1 is 1.38 bits per heavy atom. The lowest BCUT2D eigenvalue weighted by Gasteiger charge is -2.08. The number of hydrogen-bond donors (Lipinski definition) is 2. The topological polar surface area (TPSA) is 93.5 Å². The molecule has 7 heteroatoms. The average Bonchev–Trinajstić information content (AvgIpc) is 2.49. The predicted molar refractivity (Wildman–Crippen MR) is 80.7 cm³/mol. The van der Waals surface area contributed by atoms with Gasteiger partial charge in [-0.2, -0.15) is 0 Å². The Kier molecular flexibility index (Phi) is 7.17. The number of carbonyl (C=O) groups excluding carboxylic acids is 1. The van der Waals surface area contributed by atoms with Gasteiger partial charge in [-0.15, -0.1) is 0 Å². The van der Waals surface area contributed by atoms with Crippen LogP contribution in [0.1, 0.15) is 30.1 Å². The van der Waals surface area contributed by atoms with Crippen molar-refractivity contribution < 1.29 is 14.5 Å². The second-order valence-corrected chi connectivity index (χ2v) is 4.46. The molecule has 0 unspecified atom stereocenters. The minimum absolute atomic E-state index is 0.0420. The molecule has 1 amide bonds. The average molecular weight is 295 g/mol. The summed E-state index contributed by atoms with van der Waals surface area (Å²) in [5.74, 6) is -0.474. The summed E-state index contributed by atoms with van der Waals surface area (Å²) in [6, 6.07) is 4.34. The zero-order valence-corrected chi connectivity index (χ0v) is 12.3. The van der Waals surface area contributed by atoms with Gasteiger partial charge in [-0.05, 0) is 18.6 Å². The molecular formula is C14H21N3O4. The van der Waals surface area contributed by atoms with E-state index in [0.717, 1.165) is 12.8 Å². The lowest BCUT2D eigenvalue weighted by molar-refractivity contribution is -0.385. The number of nitro benzene ring substituents is 1. The molecule has 0 saturated carbocycles. The molecule has 0 aromatic heterocycles. The number of rotatable bonds is 9. The smallest absolute Gasteiger partial charge is 0.282 e. The van der Waals surface area contributed by atoms with Gasteiger partial charge in [0.2, 0.25) is 0 Å². The summed E-state index contributed by atoms with van der Waals surface area (Å²) in [4.78, 5) is 22.4. The van der Waals surface area contributed by atoms with Crippen LogP contribution in [0, 0.1) is 10.1 Å². The molecule has 116 valence electrons. The molecule has 0 saturated heterocycles. The fraction of sp³-hybridized carbons (Fsp3) is 0.500. The first-order valence-corrected chi connectivity index (χ1v) is 6.92. The number of amides is 1. The van der Waals surface area contributed by atoms with Crippen LogP contribution in [0.3, 0.4) is 0 Å². The van der Waals surface area contributed by atoms with E-state index in [1.807, 2.05) is 0 Å². The minimum atomic E-state index is -0.563. The van der Waals surface area contributed by atoms with Gasteiger partial charge in [-0.1, -0.05) is 13.3 Å². The van der Waals surface area contributed by atoms with Crippen molar-refractivity contribution in [2.75, 3.05) is 32.1 Å². The van der Waals surface area contributed by atoms with Crippen LogP contribution in [0.15, 0.2) is 18.2 Å². The number of nitrogens with one attached hydrogen (secondary N) is 2. The fourth-order valence-electron chi connectivity index (χ4n) is 1.71. The van der Waals surface area contributed by atoms with E-state index in [1.165, 1.54) is 12.1 Å². The van der Waals surface area contributed by atoms with Crippen LogP contribution < -0.4 is 10.6 Å². The number of nitro groups is 1. The number of benzene rings is 1. The molecule has 21 heavy (non-hydrogen) atoms. The third kappa shape index (κ3) is 5.39. The number of unbranched alkanes of at least 4 members (excludes halogenated alkanes) is 1. The van der Waals surface area contributed by atoms with Crippen molar-refractivity contribution in [3.8, 4) is 0 Å². The van der Waals surface area contributed by atoms with Crippen molar-refractivity contribution >= 4 is 17.3 Å². The molecule has 1 aromatic carbocycles. The SMILES string of the molecule is CCCCOCCNC(=O)c1cc(NC)ccc1[N+](=O)[O-]. The van der Waals surface area contributed by atoms with E-state index < -0.39 is 10.8 Å². The predicted octanol–water partition coefficient (Wildman–Crippen LogP) is 2.18. The minimum Gasteiger partial charge on any atom is -0.388 e. The van der Waals surface area contributed by atoms with Crippen molar-refractivity contribution in [3.05, 3.63) is 33.9 Å². The summed E-state index contributed by atoms with van der Waals surface area (Å²) in [6.07, 6.45) is 2.03. The fourth-order valence-corrected chi connectivity index (χ4v) is 1.71. The van der Waals surface area contributed by atoms with Crippen molar-refractivity contribution in [2.24, 2.45) is 0 Å². The molecule has 0 heterocycles. The van der Waals surface area contributed by atoms with E-state index in [4.69, 9.17) is 4.74 Å². The largest absolute Gasteiger partial charge is 0.388 e. The first-order chi connectivity index (χ1) is 10.1. The monoisotopic (exact) mass is 295 g/mol. The van der Waals surface area contributed by atoms with E-state index in [2.05, 4.69) is 17.6 Å². The van der Waals surface area contributed by atoms with Gasteiger partial charge in [-0.3, -0.25) is 14.9 Å². The van der Waals surface area contributed by atoms with Gasteiger partial charge < -0.3 is 15.4 Å². The molecule has 0 aliphatic carbocycles. The van der Waals surface area contributed by atoms with Crippen molar-refractivity contribution in [3.63, 3.8) is 0 Å². The van der Waals surface area contributed by atoms with Crippen molar-refractivity contribution in [1.29, 1.82) is 0 Å². The molecule has 1 rings (SSSR count). The van der Waals surface area contributed by atoms with Crippen LogP contribution in [-0.4, -0.2) is 37.6 Å². The quantitative estimate of drug-likeness (QED) is 0.414. The maximum atomic E-state index is 12.0. The number of nitrogens with zero attached hydrogens (tertiary/aromatic N) is 1. The highest BCUT2D eigenvalue weighted by molar-refractivity contribution is 5.99. The lowest BCUT2D eigenvalue weighted by atomic mass is 10.1. The normalized spacial score (nSPS) is 10.2. The van der Waals surface area contributed by atoms with E-state index in [9.17, 15) is 14.9 Å². The maximum absolute atomic E-state index is 12.0.